The van der Waals surface area contributed by atoms with E-state index in [0.29, 0.717) is 0 Å². The Hall–Kier alpha value is -1.63. The minimum atomic E-state index is -3.76. The van der Waals surface area contributed by atoms with E-state index >= 15 is 0 Å². The third-order valence-electron chi connectivity index (χ3n) is 2.32. The van der Waals surface area contributed by atoms with Crippen molar-refractivity contribution in [2.45, 2.75) is 26.3 Å². The summed E-state index contributed by atoms with van der Waals surface area (Å²) in [6.07, 6.45) is 0.934. The molecule has 0 saturated heterocycles. The van der Waals surface area contributed by atoms with E-state index < -0.39 is 33.8 Å². The van der Waals surface area contributed by atoms with Crippen LogP contribution >= 0.6 is 0 Å². The second-order valence-electron chi connectivity index (χ2n) is 5.52. The molecule has 0 fully saturated rings. The van der Waals surface area contributed by atoms with Gasteiger partial charge in [-0.05, 0) is 32.9 Å². The average Bonchev–Trinajstić information content (AvgIpc) is 2.23. The van der Waals surface area contributed by atoms with Gasteiger partial charge in [0.25, 0.3) is 0 Å². The highest BCUT2D eigenvalue weighted by atomic mass is 32.2. The highest BCUT2D eigenvalue weighted by molar-refractivity contribution is 7.92. The SMILES string of the molecule is CC(C)(C)NC(=O)CN(c1ccccc1F)S(C)(=O)=O. The van der Waals surface area contributed by atoms with Gasteiger partial charge < -0.3 is 5.32 Å². The fourth-order valence-electron chi connectivity index (χ4n) is 1.62. The molecule has 0 spiro atoms. The topological polar surface area (TPSA) is 66.5 Å². The van der Waals surface area contributed by atoms with Crippen molar-refractivity contribution in [3.63, 3.8) is 0 Å². The van der Waals surface area contributed by atoms with E-state index in [2.05, 4.69) is 5.32 Å². The lowest BCUT2D eigenvalue weighted by atomic mass is 10.1. The highest BCUT2D eigenvalue weighted by Gasteiger charge is 2.25. The Kier molecular flexibility index (Phi) is 4.75. The molecule has 1 aromatic rings. The lowest BCUT2D eigenvalue weighted by Crippen LogP contribution is -2.47. The maximum absolute atomic E-state index is 13.7. The first-order valence-electron chi connectivity index (χ1n) is 6.04. The van der Waals surface area contributed by atoms with Gasteiger partial charge in [0.2, 0.25) is 15.9 Å². The number of nitrogens with one attached hydrogen (secondary N) is 1. The number of nitrogens with zero attached hydrogens (tertiary/aromatic N) is 1. The Balaban J connectivity index is 3.05. The third kappa shape index (κ3) is 4.80. The number of hydrogen-bond donors (Lipinski definition) is 1. The van der Waals surface area contributed by atoms with E-state index in [1.54, 1.807) is 20.8 Å². The number of amides is 1. The molecular weight excluding hydrogens is 283 g/mol. The van der Waals surface area contributed by atoms with Crippen LogP contribution in [0.5, 0.6) is 0 Å². The summed E-state index contributed by atoms with van der Waals surface area (Å²) in [5.41, 5.74) is -0.630. The number of sulfonamides is 1. The Morgan fingerprint density at radius 2 is 1.85 bits per heavy atom. The molecule has 0 heterocycles. The van der Waals surface area contributed by atoms with E-state index in [4.69, 9.17) is 0 Å². The second kappa shape index (κ2) is 5.78. The molecule has 1 amide bonds. The predicted octanol–water partition coefficient (Wildman–Crippen LogP) is 1.51. The van der Waals surface area contributed by atoms with Crippen LogP contribution in [0.25, 0.3) is 0 Å². The maximum Gasteiger partial charge on any atom is 0.241 e. The molecular formula is C13H19FN2O3S. The van der Waals surface area contributed by atoms with E-state index in [9.17, 15) is 17.6 Å². The number of carbonyl (C=O) groups excluding carboxylic acids is 1. The van der Waals surface area contributed by atoms with Gasteiger partial charge in [-0.3, -0.25) is 9.10 Å². The van der Waals surface area contributed by atoms with Gasteiger partial charge in [-0.1, -0.05) is 12.1 Å². The van der Waals surface area contributed by atoms with Crippen LogP contribution in [-0.2, 0) is 14.8 Å². The second-order valence-corrected chi connectivity index (χ2v) is 7.43. The first kappa shape index (κ1) is 16.4. The lowest BCUT2D eigenvalue weighted by Gasteiger charge is -2.25. The van der Waals surface area contributed by atoms with Crippen molar-refractivity contribution >= 4 is 21.6 Å². The summed E-state index contributed by atoms with van der Waals surface area (Å²) in [6, 6.07) is 5.43. The van der Waals surface area contributed by atoms with Crippen molar-refractivity contribution in [2.24, 2.45) is 0 Å². The van der Waals surface area contributed by atoms with Crippen LogP contribution in [0, 0.1) is 5.82 Å². The molecule has 7 heteroatoms. The van der Waals surface area contributed by atoms with Crippen LogP contribution in [0.3, 0.4) is 0 Å². The molecule has 20 heavy (non-hydrogen) atoms. The zero-order valence-electron chi connectivity index (χ0n) is 12.0. The first-order chi connectivity index (χ1) is 9.00. The van der Waals surface area contributed by atoms with Crippen molar-refractivity contribution in [3.05, 3.63) is 30.1 Å². The normalized spacial score (nSPS) is 12.1. The summed E-state index contributed by atoms with van der Waals surface area (Å²) < 4.78 is 38.0. The maximum atomic E-state index is 13.7. The monoisotopic (exact) mass is 302 g/mol. The van der Waals surface area contributed by atoms with Gasteiger partial charge in [-0.15, -0.1) is 0 Å². The van der Waals surface area contributed by atoms with Crippen LogP contribution in [0.2, 0.25) is 0 Å². The molecule has 0 atom stereocenters. The van der Waals surface area contributed by atoms with Gasteiger partial charge in [0.1, 0.15) is 12.4 Å². The number of halogens is 1. The molecule has 112 valence electrons. The van der Waals surface area contributed by atoms with Gasteiger partial charge in [0, 0.05) is 5.54 Å². The number of anilines is 1. The smallest absolute Gasteiger partial charge is 0.241 e. The minimum absolute atomic E-state index is 0.140. The molecule has 0 unspecified atom stereocenters. The van der Waals surface area contributed by atoms with Gasteiger partial charge in [-0.2, -0.15) is 0 Å². The highest BCUT2D eigenvalue weighted by Crippen LogP contribution is 2.21. The summed E-state index contributed by atoms with van der Waals surface area (Å²) in [5.74, 6) is -1.19. The van der Waals surface area contributed by atoms with Crippen molar-refractivity contribution in [3.8, 4) is 0 Å². The van der Waals surface area contributed by atoms with Crippen LogP contribution < -0.4 is 9.62 Å². The molecule has 5 nitrogen and oxygen atoms in total. The molecule has 0 bridgehead atoms. The van der Waals surface area contributed by atoms with E-state index in [0.717, 1.165) is 16.6 Å². The lowest BCUT2D eigenvalue weighted by molar-refractivity contribution is -0.121. The molecule has 1 rings (SSSR count). The van der Waals surface area contributed by atoms with E-state index in [-0.39, 0.29) is 5.69 Å². The predicted molar refractivity (Wildman–Crippen MR) is 76.5 cm³/mol. The average molecular weight is 302 g/mol. The largest absolute Gasteiger partial charge is 0.350 e. The zero-order valence-corrected chi connectivity index (χ0v) is 12.8. The Bertz CT molecular complexity index is 594. The van der Waals surface area contributed by atoms with Crippen molar-refractivity contribution in [1.29, 1.82) is 0 Å². The van der Waals surface area contributed by atoms with Gasteiger partial charge in [0.15, 0.2) is 0 Å². The standard InChI is InChI=1S/C13H19FN2O3S/c1-13(2,3)15-12(17)9-16(20(4,18)19)11-8-6-5-7-10(11)14/h5-8H,9H2,1-4H3,(H,15,17). The van der Waals surface area contributed by atoms with Gasteiger partial charge >= 0.3 is 0 Å². The van der Waals surface area contributed by atoms with Crippen LogP contribution in [0.15, 0.2) is 24.3 Å². The summed E-state index contributed by atoms with van der Waals surface area (Å²) in [7, 11) is -3.76. The number of hydrogen-bond acceptors (Lipinski definition) is 3. The van der Waals surface area contributed by atoms with E-state index in [1.807, 2.05) is 0 Å². The fraction of sp³-hybridized carbons (Fsp3) is 0.462. The quantitative estimate of drug-likeness (QED) is 0.916. The fourth-order valence-corrected chi connectivity index (χ4v) is 2.48. The Morgan fingerprint density at radius 1 is 1.30 bits per heavy atom. The molecule has 0 aliphatic carbocycles. The van der Waals surface area contributed by atoms with Crippen LogP contribution in [-0.4, -0.2) is 32.7 Å². The van der Waals surface area contributed by atoms with Gasteiger partial charge in [0.05, 0.1) is 11.9 Å². The molecule has 0 aliphatic rings. The third-order valence-corrected chi connectivity index (χ3v) is 3.45. The minimum Gasteiger partial charge on any atom is -0.350 e. The summed E-state index contributed by atoms with van der Waals surface area (Å²) in [4.78, 5) is 11.9. The summed E-state index contributed by atoms with van der Waals surface area (Å²) in [6.45, 7) is 4.87. The molecule has 0 aromatic heterocycles. The molecule has 0 radical (unpaired) electrons. The molecule has 1 N–H and O–H groups in total. The number of rotatable bonds is 4. The Morgan fingerprint density at radius 3 is 2.30 bits per heavy atom. The first-order valence-corrected chi connectivity index (χ1v) is 7.89. The van der Waals surface area contributed by atoms with E-state index in [1.165, 1.54) is 18.2 Å². The molecule has 1 aromatic carbocycles. The summed E-state index contributed by atoms with van der Waals surface area (Å²) >= 11 is 0. The molecule has 0 saturated carbocycles. The Labute approximate surface area is 118 Å². The summed E-state index contributed by atoms with van der Waals surface area (Å²) in [5, 5.41) is 2.64. The number of carbonyl (C=O) groups is 1. The van der Waals surface area contributed by atoms with Crippen molar-refractivity contribution < 1.29 is 17.6 Å². The zero-order chi connectivity index (χ0) is 15.6. The van der Waals surface area contributed by atoms with Crippen LogP contribution in [0.1, 0.15) is 20.8 Å². The van der Waals surface area contributed by atoms with Crippen molar-refractivity contribution in [1.82, 2.24) is 5.32 Å². The van der Waals surface area contributed by atoms with Crippen molar-refractivity contribution in [2.75, 3.05) is 17.1 Å². The number of benzene rings is 1. The number of para-hydroxylation sites is 1. The van der Waals surface area contributed by atoms with Crippen LogP contribution in [0.4, 0.5) is 10.1 Å². The molecule has 0 aliphatic heterocycles. The van der Waals surface area contributed by atoms with Gasteiger partial charge in [-0.25, -0.2) is 12.8 Å².